The first-order chi connectivity index (χ1) is 7.69. The lowest BCUT2D eigenvalue weighted by atomic mass is 10.1. The van der Waals surface area contributed by atoms with Crippen LogP contribution in [0.15, 0.2) is 0 Å². The van der Waals surface area contributed by atoms with Crippen LogP contribution in [0.5, 0.6) is 0 Å². The highest BCUT2D eigenvalue weighted by molar-refractivity contribution is 5.77. The lowest BCUT2D eigenvalue weighted by Crippen LogP contribution is -2.41. The summed E-state index contributed by atoms with van der Waals surface area (Å²) >= 11 is 0. The SMILES string of the molecule is CCCC(N)CC(=O)N(CC)C1CCCC1. The molecule has 3 nitrogen and oxygen atoms in total. The molecule has 16 heavy (non-hydrogen) atoms. The molecule has 1 aliphatic carbocycles. The van der Waals surface area contributed by atoms with Crippen LogP contribution < -0.4 is 5.73 Å². The third-order valence-electron chi connectivity index (χ3n) is 3.52. The number of amides is 1. The summed E-state index contributed by atoms with van der Waals surface area (Å²) in [5.41, 5.74) is 5.93. The summed E-state index contributed by atoms with van der Waals surface area (Å²) in [6, 6.07) is 0.541. The first kappa shape index (κ1) is 13.5. The Balaban J connectivity index is 2.42. The van der Waals surface area contributed by atoms with Crippen molar-refractivity contribution >= 4 is 5.91 Å². The molecule has 0 aromatic carbocycles. The quantitative estimate of drug-likeness (QED) is 0.755. The van der Waals surface area contributed by atoms with Gasteiger partial charge in [0.1, 0.15) is 0 Å². The molecule has 1 rings (SSSR count). The van der Waals surface area contributed by atoms with E-state index in [1.165, 1.54) is 25.7 Å². The Labute approximate surface area is 99.4 Å². The topological polar surface area (TPSA) is 46.3 Å². The van der Waals surface area contributed by atoms with Crippen molar-refractivity contribution in [3.8, 4) is 0 Å². The van der Waals surface area contributed by atoms with Crippen molar-refractivity contribution in [3.63, 3.8) is 0 Å². The lowest BCUT2D eigenvalue weighted by Gasteiger charge is -2.28. The molecule has 1 saturated carbocycles. The summed E-state index contributed by atoms with van der Waals surface area (Å²) < 4.78 is 0. The Morgan fingerprint density at radius 3 is 2.50 bits per heavy atom. The maximum Gasteiger partial charge on any atom is 0.224 e. The van der Waals surface area contributed by atoms with Crippen LogP contribution >= 0.6 is 0 Å². The molecule has 0 radical (unpaired) electrons. The van der Waals surface area contributed by atoms with Crippen LogP contribution in [-0.4, -0.2) is 29.4 Å². The van der Waals surface area contributed by atoms with Crippen molar-refractivity contribution in [3.05, 3.63) is 0 Å². The molecular weight excluding hydrogens is 200 g/mol. The van der Waals surface area contributed by atoms with Crippen LogP contribution in [-0.2, 0) is 4.79 Å². The van der Waals surface area contributed by atoms with E-state index in [0.29, 0.717) is 12.5 Å². The fourth-order valence-electron chi connectivity index (χ4n) is 2.67. The Morgan fingerprint density at radius 2 is 2.00 bits per heavy atom. The highest BCUT2D eigenvalue weighted by Crippen LogP contribution is 2.24. The largest absolute Gasteiger partial charge is 0.340 e. The van der Waals surface area contributed by atoms with Gasteiger partial charge in [0.05, 0.1) is 0 Å². The van der Waals surface area contributed by atoms with E-state index in [4.69, 9.17) is 5.73 Å². The zero-order chi connectivity index (χ0) is 12.0. The average molecular weight is 226 g/mol. The van der Waals surface area contributed by atoms with Crippen LogP contribution in [0, 0.1) is 0 Å². The zero-order valence-corrected chi connectivity index (χ0v) is 10.7. The molecule has 1 fully saturated rings. The van der Waals surface area contributed by atoms with Crippen molar-refractivity contribution in [1.82, 2.24) is 4.90 Å². The monoisotopic (exact) mass is 226 g/mol. The van der Waals surface area contributed by atoms with Crippen LogP contribution in [0.25, 0.3) is 0 Å². The molecule has 1 atom stereocenters. The van der Waals surface area contributed by atoms with E-state index >= 15 is 0 Å². The first-order valence-electron chi connectivity index (χ1n) is 6.74. The van der Waals surface area contributed by atoms with Gasteiger partial charge < -0.3 is 10.6 Å². The fraction of sp³-hybridized carbons (Fsp3) is 0.923. The second-order valence-corrected chi connectivity index (χ2v) is 4.87. The summed E-state index contributed by atoms with van der Waals surface area (Å²) in [4.78, 5) is 14.1. The van der Waals surface area contributed by atoms with E-state index in [1.54, 1.807) is 0 Å². The number of nitrogens with zero attached hydrogens (tertiary/aromatic N) is 1. The number of carbonyl (C=O) groups excluding carboxylic acids is 1. The van der Waals surface area contributed by atoms with Gasteiger partial charge in [-0.05, 0) is 26.2 Å². The molecule has 0 heterocycles. The predicted octanol–water partition coefficient (Wildman–Crippen LogP) is 2.29. The van der Waals surface area contributed by atoms with Gasteiger partial charge in [-0.25, -0.2) is 0 Å². The van der Waals surface area contributed by atoms with Crippen LogP contribution in [0.1, 0.15) is 58.8 Å². The van der Waals surface area contributed by atoms with Gasteiger partial charge in [0.15, 0.2) is 0 Å². The molecule has 3 heteroatoms. The standard InChI is InChI=1S/C13H26N2O/c1-3-7-11(14)10-13(16)15(4-2)12-8-5-6-9-12/h11-12H,3-10,14H2,1-2H3. The third-order valence-corrected chi connectivity index (χ3v) is 3.52. The lowest BCUT2D eigenvalue weighted by molar-refractivity contribution is -0.133. The summed E-state index contributed by atoms with van der Waals surface area (Å²) in [6.45, 7) is 5.02. The van der Waals surface area contributed by atoms with Crippen molar-refractivity contribution in [2.75, 3.05) is 6.54 Å². The maximum atomic E-state index is 12.1. The third kappa shape index (κ3) is 3.78. The van der Waals surface area contributed by atoms with Crippen LogP contribution in [0.4, 0.5) is 0 Å². The van der Waals surface area contributed by atoms with E-state index in [9.17, 15) is 4.79 Å². The van der Waals surface area contributed by atoms with Gasteiger partial charge in [-0.15, -0.1) is 0 Å². The Morgan fingerprint density at radius 1 is 1.38 bits per heavy atom. The number of carbonyl (C=O) groups is 1. The molecule has 0 aliphatic heterocycles. The van der Waals surface area contributed by atoms with Crippen molar-refractivity contribution < 1.29 is 4.79 Å². The van der Waals surface area contributed by atoms with Gasteiger partial charge in [-0.2, -0.15) is 0 Å². The summed E-state index contributed by atoms with van der Waals surface area (Å²) in [6.07, 6.45) is 7.45. The predicted molar refractivity (Wildman–Crippen MR) is 67.1 cm³/mol. The highest BCUT2D eigenvalue weighted by Gasteiger charge is 2.25. The Hall–Kier alpha value is -0.570. The molecule has 2 N–H and O–H groups in total. The fourth-order valence-corrected chi connectivity index (χ4v) is 2.67. The van der Waals surface area contributed by atoms with E-state index in [-0.39, 0.29) is 11.9 Å². The van der Waals surface area contributed by atoms with Crippen LogP contribution in [0.3, 0.4) is 0 Å². The van der Waals surface area contributed by atoms with Crippen molar-refractivity contribution in [2.24, 2.45) is 5.73 Å². The van der Waals surface area contributed by atoms with Gasteiger partial charge in [0, 0.05) is 25.0 Å². The van der Waals surface area contributed by atoms with Gasteiger partial charge >= 0.3 is 0 Å². The minimum atomic E-state index is 0.0490. The molecule has 0 saturated heterocycles. The number of hydrogen-bond acceptors (Lipinski definition) is 2. The molecule has 1 amide bonds. The van der Waals surface area contributed by atoms with Crippen molar-refractivity contribution in [1.29, 1.82) is 0 Å². The summed E-state index contributed by atoms with van der Waals surface area (Å²) in [7, 11) is 0. The summed E-state index contributed by atoms with van der Waals surface area (Å²) in [5, 5.41) is 0. The van der Waals surface area contributed by atoms with E-state index < -0.39 is 0 Å². The molecule has 0 spiro atoms. The average Bonchev–Trinajstić information content (AvgIpc) is 2.72. The Bertz CT molecular complexity index is 212. The Kier molecular flexibility index (Phi) is 5.81. The molecule has 0 aromatic rings. The molecule has 0 aromatic heterocycles. The normalized spacial score (nSPS) is 18.7. The minimum absolute atomic E-state index is 0.0490. The van der Waals surface area contributed by atoms with Crippen molar-refractivity contribution in [2.45, 2.75) is 70.9 Å². The van der Waals surface area contributed by atoms with Gasteiger partial charge in [0.2, 0.25) is 5.91 Å². The van der Waals surface area contributed by atoms with Gasteiger partial charge in [0.25, 0.3) is 0 Å². The second kappa shape index (κ2) is 6.89. The molecule has 1 aliphatic rings. The highest BCUT2D eigenvalue weighted by atomic mass is 16.2. The molecule has 1 unspecified atom stereocenters. The maximum absolute atomic E-state index is 12.1. The summed E-state index contributed by atoms with van der Waals surface area (Å²) in [5.74, 6) is 0.260. The van der Waals surface area contributed by atoms with E-state index in [2.05, 4.69) is 13.8 Å². The molecule has 94 valence electrons. The minimum Gasteiger partial charge on any atom is -0.340 e. The molecular formula is C13H26N2O. The van der Waals surface area contributed by atoms with Crippen LogP contribution in [0.2, 0.25) is 0 Å². The van der Waals surface area contributed by atoms with E-state index in [0.717, 1.165) is 19.4 Å². The first-order valence-corrected chi connectivity index (χ1v) is 6.74. The molecule has 0 bridgehead atoms. The number of rotatable bonds is 6. The zero-order valence-electron chi connectivity index (χ0n) is 10.7. The number of nitrogens with two attached hydrogens (primary N) is 1. The number of hydrogen-bond donors (Lipinski definition) is 1. The van der Waals surface area contributed by atoms with Gasteiger partial charge in [-0.1, -0.05) is 26.2 Å². The van der Waals surface area contributed by atoms with E-state index in [1.807, 2.05) is 4.90 Å². The smallest absolute Gasteiger partial charge is 0.224 e. The second-order valence-electron chi connectivity index (χ2n) is 4.87. The van der Waals surface area contributed by atoms with Gasteiger partial charge in [-0.3, -0.25) is 4.79 Å².